The lowest BCUT2D eigenvalue weighted by Gasteiger charge is -2.34. The quantitative estimate of drug-likeness (QED) is 0.741. The molecule has 5 heteroatoms. The Morgan fingerprint density at radius 1 is 1.53 bits per heavy atom. The summed E-state index contributed by atoms with van der Waals surface area (Å²) in [5.41, 5.74) is 5.76. The van der Waals surface area contributed by atoms with Crippen LogP contribution in [-0.2, 0) is 11.3 Å². The first kappa shape index (κ1) is 14.0. The van der Waals surface area contributed by atoms with Crippen molar-refractivity contribution in [1.82, 2.24) is 10.3 Å². The number of carbonyl (C=O) groups excluding carboxylic acids is 1. The van der Waals surface area contributed by atoms with E-state index in [1.807, 2.05) is 12.1 Å². The minimum atomic E-state index is -0.764. The molecular weight excluding hydrogens is 242 g/mol. The fraction of sp³-hybridized carbons (Fsp3) is 0.571. The van der Waals surface area contributed by atoms with Crippen LogP contribution in [0.4, 0.5) is 0 Å². The van der Waals surface area contributed by atoms with Gasteiger partial charge in [0.05, 0.1) is 5.60 Å². The molecule has 2 rings (SSSR count). The molecule has 1 fully saturated rings. The van der Waals surface area contributed by atoms with E-state index in [2.05, 4.69) is 10.3 Å². The lowest BCUT2D eigenvalue weighted by atomic mass is 9.78. The lowest BCUT2D eigenvalue weighted by Crippen LogP contribution is -2.44. The van der Waals surface area contributed by atoms with Crippen LogP contribution in [0.25, 0.3) is 0 Å². The van der Waals surface area contributed by atoms with Crippen LogP contribution in [0, 0.1) is 5.92 Å². The van der Waals surface area contributed by atoms with Crippen LogP contribution < -0.4 is 11.1 Å². The number of nitrogens with two attached hydrogens (primary N) is 1. The summed E-state index contributed by atoms with van der Waals surface area (Å²) in [5.74, 6) is 0.0476. The van der Waals surface area contributed by atoms with Crippen LogP contribution in [-0.4, -0.2) is 28.1 Å². The summed E-state index contributed by atoms with van der Waals surface area (Å²) in [6.45, 7) is 0.779. The SMILES string of the molecule is NCC1(O)CCC(C(=O)NCc2cccnc2)CC1. The zero-order valence-electron chi connectivity index (χ0n) is 11.0. The molecule has 104 valence electrons. The Morgan fingerprint density at radius 3 is 2.84 bits per heavy atom. The van der Waals surface area contributed by atoms with Gasteiger partial charge in [-0.15, -0.1) is 0 Å². The predicted octanol–water partition coefficient (Wildman–Crippen LogP) is 0.578. The average Bonchev–Trinajstić information content (AvgIpc) is 2.47. The maximum absolute atomic E-state index is 12.0. The standard InChI is InChI=1S/C14H21N3O2/c15-10-14(19)5-3-12(4-6-14)13(18)17-9-11-2-1-7-16-8-11/h1-2,7-8,12,19H,3-6,9-10,15H2,(H,17,18). The van der Waals surface area contributed by atoms with Gasteiger partial charge in [0, 0.05) is 31.4 Å². The highest BCUT2D eigenvalue weighted by atomic mass is 16.3. The van der Waals surface area contributed by atoms with Crippen molar-refractivity contribution >= 4 is 5.91 Å². The molecule has 0 bridgehead atoms. The monoisotopic (exact) mass is 263 g/mol. The third-order valence-corrected chi connectivity index (χ3v) is 3.86. The number of carbonyl (C=O) groups is 1. The van der Waals surface area contributed by atoms with Crippen LogP contribution >= 0.6 is 0 Å². The number of nitrogens with zero attached hydrogens (tertiary/aromatic N) is 1. The Morgan fingerprint density at radius 2 is 2.26 bits per heavy atom. The average molecular weight is 263 g/mol. The van der Waals surface area contributed by atoms with Crippen LogP contribution in [0.2, 0.25) is 0 Å². The summed E-state index contributed by atoms with van der Waals surface area (Å²) in [5, 5.41) is 12.9. The number of hydrogen-bond acceptors (Lipinski definition) is 4. The number of hydrogen-bond donors (Lipinski definition) is 3. The Hall–Kier alpha value is -1.46. The fourth-order valence-corrected chi connectivity index (χ4v) is 2.46. The van der Waals surface area contributed by atoms with Gasteiger partial charge >= 0.3 is 0 Å². The van der Waals surface area contributed by atoms with Crippen molar-refractivity contribution in [3.05, 3.63) is 30.1 Å². The molecule has 0 saturated heterocycles. The van der Waals surface area contributed by atoms with Gasteiger partial charge in [0.25, 0.3) is 0 Å². The molecule has 1 aliphatic rings. The Labute approximate surface area is 113 Å². The van der Waals surface area contributed by atoms with Crippen molar-refractivity contribution in [1.29, 1.82) is 0 Å². The molecule has 1 aromatic rings. The number of aromatic nitrogens is 1. The maximum Gasteiger partial charge on any atom is 0.223 e. The molecule has 1 amide bonds. The molecule has 1 aromatic heterocycles. The second-order valence-electron chi connectivity index (χ2n) is 5.28. The summed E-state index contributed by atoms with van der Waals surface area (Å²) in [7, 11) is 0. The van der Waals surface area contributed by atoms with Gasteiger partial charge in [-0.25, -0.2) is 0 Å². The summed E-state index contributed by atoms with van der Waals surface area (Å²) in [6, 6.07) is 3.78. The van der Waals surface area contributed by atoms with E-state index < -0.39 is 5.60 Å². The molecule has 0 unspecified atom stereocenters. The first-order chi connectivity index (χ1) is 9.13. The van der Waals surface area contributed by atoms with Gasteiger partial charge in [-0.3, -0.25) is 9.78 Å². The highest BCUT2D eigenvalue weighted by Gasteiger charge is 2.34. The summed E-state index contributed by atoms with van der Waals surface area (Å²) in [4.78, 5) is 16.0. The minimum Gasteiger partial charge on any atom is -0.389 e. The molecule has 4 N–H and O–H groups in total. The van der Waals surface area contributed by atoms with Gasteiger partial charge in [-0.1, -0.05) is 6.07 Å². The van der Waals surface area contributed by atoms with Crippen molar-refractivity contribution in [3.63, 3.8) is 0 Å². The normalized spacial score (nSPS) is 26.9. The highest BCUT2D eigenvalue weighted by molar-refractivity contribution is 5.78. The first-order valence-electron chi connectivity index (χ1n) is 6.72. The molecule has 1 saturated carbocycles. The third-order valence-electron chi connectivity index (χ3n) is 3.86. The molecule has 0 spiro atoms. The summed E-state index contributed by atoms with van der Waals surface area (Å²) >= 11 is 0. The third kappa shape index (κ3) is 3.75. The van der Waals surface area contributed by atoms with E-state index in [9.17, 15) is 9.90 Å². The first-order valence-corrected chi connectivity index (χ1v) is 6.72. The molecular formula is C14H21N3O2. The van der Waals surface area contributed by atoms with Crippen molar-refractivity contribution in [2.45, 2.75) is 37.8 Å². The van der Waals surface area contributed by atoms with E-state index in [4.69, 9.17) is 5.73 Å². The van der Waals surface area contributed by atoms with Gasteiger partial charge in [0.2, 0.25) is 5.91 Å². The maximum atomic E-state index is 12.0. The van der Waals surface area contributed by atoms with E-state index in [1.165, 1.54) is 0 Å². The number of rotatable bonds is 4. The van der Waals surface area contributed by atoms with Gasteiger partial charge < -0.3 is 16.2 Å². The molecule has 19 heavy (non-hydrogen) atoms. The van der Waals surface area contributed by atoms with Gasteiger partial charge in [0.1, 0.15) is 0 Å². The lowest BCUT2D eigenvalue weighted by molar-refractivity contribution is -0.127. The summed E-state index contributed by atoms with van der Waals surface area (Å²) in [6.07, 6.45) is 6.07. The van der Waals surface area contributed by atoms with Crippen molar-refractivity contribution in [3.8, 4) is 0 Å². The molecule has 0 radical (unpaired) electrons. The Bertz CT molecular complexity index is 414. The topological polar surface area (TPSA) is 88.2 Å². The number of pyridine rings is 1. The molecule has 0 aliphatic heterocycles. The molecule has 0 aromatic carbocycles. The number of nitrogens with one attached hydrogen (secondary N) is 1. The number of amides is 1. The second-order valence-corrected chi connectivity index (χ2v) is 5.28. The molecule has 5 nitrogen and oxygen atoms in total. The Balaban J connectivity index is 1.79. The molecule has 1 heterocycles. The zero-order chi connectivity index (χ0) is 13.7. The number of aliphatic hydroxyl groups is 1. The fourth-order valence-electron chi connectivity index (χ4n) is 2.46. The van der Waals surface area contributed by atoms with Crippen LogP contribution in [0.15, 0.2) is 24.5 Å². The molecule has 0 atom stereocenters. The zero-order valence-corrected chi connectivity index (χ0v) is 11.0. The summed E-state index contributed by atoms with van der Waals surface area (Å²) < 4.78 is 0. The highest BCUT2D eigenvalue weighted by Crippen LogP contribution is 2.31. The minimum absolute atomic E-state index is 0.0107. The van der Waals surface area contributed by atoms with E-state index in [1.54, 1.807) is 12.4 Å². The van der Waals surface area contributed by atoms with Gasteiger partial charge in [0.15, 0.2) is 0 Å². The van der Waals surface area contributed by atoms with E-state index in [0.29, 0.717) is 32.2 Å². The van der Waals surface area contributed by atoms with Crippen LogP contribution in [0.3, 0.4) is 0 Å². The van der Waals surface area contributed by atoms with E-state index in [0.717, 1.165) is 5.56 Å². The second kappa shape index (κ2) is 6.12. The van der Waals surface area contributed by atoms with Crippen molar-refractivity contribution in [2.24, 2.45) is 11.7 Å². The van der Waals surface area contributed by atoms with Crippen LogP contribution in [0.1, 0.15) is 31.2 Å². The van der Waals surface area contributed by atoms with Crippen LogP contribution in [0.5, 0.6) is 0 Å². The van der Waals surface area contributed by atoms with Gasteiger partial charge in [-0.2, -0.15) is 0 Å². The smallest absolute Gasteiger partial charge is 0.223 e. The predicted molar refractivity (Wildman–Crippen MR) is 72.0 cm³/mol. The van der Waals surface area contributed by atoms with Gasteiger partial charge in [-0.05, 0) is 37.3 Å². The molecule has 1 aliphatic carbocycles. The Kier molecular flexibility index (Phi) is 4.50. The largest absolute Gasteiger partial charge is 0.389 e. The van der Waals surface area contributed by atoms with Crippen molar-refractivity contribution < 1.29 is 9.90 Å². The van der Waals surface area contributed by atoms with E-state index >= 15 is 0 Å². The van der Waals surface area contributed by atoms with E-state index in [-0.39, 0.29) is 18.4 Å². The van der Waals surface area contributed by atoms with Crippen molar-refractivity contribution in [2.75, 3.05) is 6.54 Å².